The number of nitrogens with zero attached hydrogens (tertiary/aromatic N) is 1. The number of aryl methyl sites for hydroxylation is 1. The summed E-state index contributed by atoms with van der Waals surface area (Å²) in [6.07, 6.45) is -0.626. The summed E-state index contributed by atoms with van der Waals surface area (Å²) in [6, 6.07) is 28.7. The summed E-state index contributed by atoms with van der Waals surface area (Å²) in [4.78, 5) is 0. The van der Waals surface area contributed by atoms with Crippen LogP contribution in [0.1, 0.15) is 22.9 Å². The second-order valence-electron chi connectivity index (χ2n) is 6.97. The van der Waals surface area contributed by atoms with Gasteiger partial charge in [0.1, 0.15) is 0 Å². The topological polar surface area (TPSA) is 46.3 Å². The Morgan fingerprint density at radius 1 is 0.828 bits per heavy atom. The molecule has 3 aromatic carbocycles. The molecular formula is C25H23NO2S. The summed E-state index contributed by atoms with van der Waals surface area (Å²) in [5.41, 5.74) is 6.00. The fourth-order valence-corrected chi connectivity index (χ4v) is 4.30. The molecule has 0 saturated heterocycles. The van der Waals surface area contributed by atoms with Crippen molar-refractivity contribution in [2.24, 2.45) is 0 Å². The second-order valence-corrected chi connectivity index (χ2v) is 8.00. The molecule has 0 radical (unpaired) electrons. The van der Waals surface area contributed by atoms with Gasteiger partial charge in [0.2, 0.25) is 0 Å². The highest BCUT2D eigenvalue weighted by Gasteiger charge is 2.22. The first-order valence-corrected chi connectivity index (χ1v) is 10.8. The lowest BCUT2D eigenvalue weighted by atomic mass is 10.00. The number of rotatable bonds is 7. The third-order valence-corrected chi connectivity index (χ3v) is 5.97. The molecule has 29 heavy (non-hydrogen) atoms. The number of aromatic nitrogens is 1. The van der Waals surface area contributed by atoms with Gasteiger partial charge in [-0.3, -0.25) is 0 Å². The maximum absolute atomic E-state index is 10.8. The standard InChI is InChI=1S/C25H23NO2S/c1-18-24(23(27)17-29-16-19-8-4-2-5-9-19)25(28-26-18)22-14-12-21(13-15-22)20-10-6-3-7-11-20/h2-15,23,27H,16-17H2,1H3/t23-/m1/s1. The van der Waals surface area contributed by atoms with Gasteiger partial charge in [0.15, 0.2) is 5.76 Å². The van der Waals surface area contributed by atoms with E-state index in [0.29, 0.717) is 11.5 Å². The molecule has 4 aromatic rings. The first-order chi connectivity index (χ1) is 14.2. The second kappa shape index (κ2) is 9.12. The highest BCUT2D eigenvalue weighted by atomic mass is 32.2. The van der Waals surface area contributed by atoms with E-state index in [1.54, 1.807) is 11.8 Å². The molecular weight excluding hydrogens is 378 g/mol. The summed E-state index contributed by atoms with van der Waals surface area (Å²) in [5, 5.41) is 14.9. The van der Waals surface area contributed by atoms with E-state index in [1.807, 2.05) is 55.5 Å². The Balaban J connectivity index is 1.49. The molecule has 0 amide bonds. The molecule has 0 aliphatic carbocycles. The van der Waals surface area contributed by atoms with Crippen molar-refractivity contribution in [3.63, 3.8) is 0 Å². The van der Waals surface area contributed by atoms with Crippen LogP contribution >= 0.6 is 11.8 Å². The number of aliphatic hydroxyl groups excluding tert-OH is 1. The van der Waals surface area contributed by atoms with Gasteiger partial charge in [-0.25, -0.2) is 0 Å². The van der Waals surface area contributed by atoms with Crippen LogP contribution in [0, 0.1) is 6.92 Å². The number of thioether (sulfide) groups is 1. The van der Waals surface area contributed by atoms with E-state index in [4.69, 9.17) is 4.52 Å². The van der Waals surface area contributed by atoms with Gasteiger partial charge in [0.25, 0.3) is 0 Å². The molecule has 1 aromatic heterocycles. The van der Waals surface area contributed by atoms with Crippen LogP contribution in [0.2, 0.25) is 0 Å². The minimum atomic E-state index is -0.626. The Morgan fingerprint density at radius 3 is 2.10 bits per heavy atom. The molecule has 1 atom stereocenters. The predicted molar refractivity (Wildman–Crippen MR) is 120 cm³/mol. The Labute approximate surface area is 175 Å². The van der Waals surface area contributed by atoms with Crippen LogP contribution in [0.5, 0.6) is 0 Å². The van der Waals surface area contributed by atoms with Crippen molar-refractivity contribution in [1.82, 2.24) is 5.16 Å². The van der Waals surface area contributed by atoms with E-state index >= 15 is 0 Å². The SMILES string of the molecule is Cc1noc(-c2ccc(-c3ccccc3)cc2)c1[C@H](O)CSCc1ccccc1. The lowest BCUT2D eigenvalue weighted by Crippen LogP contribution is -2.03. The fraction of sp³-hybridized carbons (Fsp3) is 0.160. The average molecular weight is 402 g/mol. The van der Waals surface area contributed by atoms with E-state index in [2.05, 4.69) is 41.6 Å². The van der Waals surface area contributed by atoms with Crippen LogP contribution < -0.4 is 0 Å². The van der Waals surface area contributed by atoms with Crippen molar-refractivity contribution in [3.8, 4) is 22.5 Å². The smallest absolute Gasteiger partial charge is 0.172 e. The molecule has 0 unspecified atom stereocenters. The van der Waals surface area contributed by atoms with Crippen LogP contribution in [0.15, 0.2) is 89.5 Å². The van der Waals surface area contributed by atoms with E-state index < -0.39 is 6.10 Å². The Bertz CT molecular complexity index is 1040. The lowest BCUT2D eigenvalue weighted by Gasteiger charge is -2.11. The molecule has 0 spiro atoms. The predicted octanol–water partition coefficient (Wildman–Crippen LogP) is 6.28. The van der Waals surface area contributed by atoms with Crippen molar-refractivity contribution in [3.05, 3.63) is 102 Å². The lowest BCUT2D eigenvalue weighted by molar-refractivity contribution is 0.203. The number of benzene rings is 3. The molecule has 0 aliphatic rings. The summed E-state index contributed by atoms with van der Waals surface area (Å²) in [6.45, 7) is 1.88. The number of hydrogen-bond acceptors (Lipinski definition) is 4. The van der Waals surface area contributed by atoms with Gasteiger partial charge in [-0.1, -0.05) is 90.1 Å². The number of aliphatic hydroxyl groups is 1. The van der Waals surface area contributed by atoms with E-state index in [1.165, 1.54) is 11.1 Å². The van der Waals surface area contributed by atoms with Crippen molar-refractivity contribution in [1.29, 1.82) is 0 Å². The van der Waals surface area contributed by atoms with Crippen LogP contribution in [0.25, 0.3) is 22.5 Å². The van der Waals surface area contributed by atoms with Crippen LogP contribution in [-0.4, -0.2) is 16.0 Å². The Kier molecular flexibility index (Phi) is 6.13. The van der Waals surface area contributed by atoms with Gasteiger partial charge >= 0.3 is 0 Å². The van der Waals surface area contributed by atoms with Gasteiger partial charge in [-0.2, -0.15) is 11.8 Å². The Morgan fingerprint density at radius 2 is 1.41 bits per heavy atom. The van der Waals surface area contributed by atoms with Gasteiger partial charge in [0.05, 0.1) is 17.4 Å². The first kappa shape index (κ1) is 19.5. The maximum Gasteiger partial charge on any atom is 0.172 e. The molecule has 0 fully saturated rings. The molecule has 0 bridgehead atoms. The first-order valence-electron chi connectivity index (χ1n) is 9.64. The molecule has 0 aliphatic heterocycles. The van der Waals surface area contributed by atoms with Crippen molar-refractivity contribution < 1.29 is 9.63 Å². The van der Waals surface area contributed by atoms with Gasteiger partial charge in [-0.15, -0.1) is 0 Å². The third kappa shape index (κ3) is 4.61. The zero-order chi connectivity index (χ0) is 20.1. The third-order valence-electron chi connectivity index (χ3n) is 4.88. The molecule has 0 saturated carbocycles. The summed E-state index contributed by atoms with van der Waals surface area (Å²) in [7, 11) is 0. The van der Waals surface area contributed by atoms with Gasteiger partial charge in [-0.05, 0) is 23.6 Å². The molecule has 3 nitrogen and oxygen atoms in total. The van der Waals surface area contributed by atoms with Crippen LogP contribution in [0.3, 0.4) is 0 Å². The highest BCUT2D eigenvalue weighted by Crippen LogP contribution is 2.34. The van der Waals surface area contributed by atoms with Crippen LogP contribution in [-0.2, 0) is 5.75 Å². The van der Waals surface area contributed by atoms with Crippen molar-refractivity contribution in [2.75, 3.05) is 5.75 Å². The van der Waals surface area contributed by atoms with Crippen molar-refractivity contribution in [2.45, 2.75) is 18.8 Å². The van der Waals surface area contributed by atoms with E-state index in [9.17, 15) is 5.11 Å². The maximum atomic E-state index is 10.8. The summed E-state index contributed by atoms with van der Waals surface area (Å²) < 4.78 is 5.59. The highest BCUT2D eigenvalue weighted by molar-refractivity contribution is 7.98. The normalized spacial score (nSPS) is 12.1. The number of hydrogen-bond donors (Lipinski definition) is 1. The minimum absolute atomic E-state index is 0.589. The summed E-state index contributed by atoms with van der Waals surface area (Å²) in [5.74, 6) is 2.10. The molecule has 146 valence electrons. The molecule has 1 heterocycles. The Hall–Kier alpha value is -2.82. The average Bonchev–Trinajstić information content (AvgIpc) is 3.16. The van der Waals surface area contributed by atoms with Gasteiger partial charge in [0, 0.05) is 17.1 Å². The largest absolute Gasteiger partial charge is 0.387 e. The molecule has 4 heteroatoms. The van der Waals surface area contributed by atoms with Crippen molar-refractivity contribution >= 4 is 11.8 Å². The van der Waals surface area contributed by atoms with E-state index in [-0.39, 0.29) is 0 Å². The van der Waals surface area contributed by atoms with Crippen LogP contribution in [0.4, 0.5) is 0 Å². The monoisotopic (exact) mass is 401 g/mol. The quantitative estimate of drug-likeness (QED) is 0.396. The van der Waals surface area contributed by atoms with Gasteiger partial charge < -0.3 is 9.63 Å². The fourth-order valence-electron chi connectivity index (χ4n) is 3.37. The molecule has 4 rings (SSSR count). The zero-order valence-corrected chi connectivity index (χ0v) is 17.1. The minimum Gasteiger partial charge on any atom is -0.387 e. The molecule has 1 N–H and O–H groups in total. The summed E-state index contributed by atoms with van der Waals surface area (Å²) >= 11 is 1.71. The van der Waals surface area contributed by atoms with E-state index in [0.717, 1.165) is 28.1 Å². The zero-order valence-electron chi connectivity index (χ0n) is 16.3.